The highest BCUT2D eigenvalue weighted by Gasteiger charge is 2.34. The Balaban J connectivity index is 1.76. The Bertz CT molecular complexity index is 707. The molecule has 1 aliphatic heterocycles. The molecule has 3 rings (SSSR count). The van der Waals surface area contributed by atoms with Crippen LogP contribution in [0.25, 0.3) is 0 Å². The molecule has 1 amide bonds. The van der Waals surface area contributed by atoms with Gasteiger partial charge in [0.15, 0.2) is 0 Å². The number of nitrogens with zero attached hydrogens (tertiary/aromatic N) is 5. The van der Waals surface area contributed by atoms with Crippen LogP contribution in [0.3, 0.4) is 0 Å². The van der Waals surface area contributed by atoms with Crippen LogP contribution in [-0.4, -0.2) is 57.8 Å². The predicted octanol–water partition coefficient (Wildman–Crippen LogP) is 1.87. The molecular formula is C17H25N5O2. The number of piperidine rings is 1. The number of hydrogen-bond acceptors (Lipinski definition) is 5. The van der Waals surface area contributed by atoms with Gasteiger partial charge in [0.05, 0.1) is 17.4 Å². The van der Waals surface area contributed by atoms with Gasteiger partial charge in [-0.25, -0.2) is 0 Å². The number of rotatable bonds is 4. The first-order chi connectivity index (χ1) is 11.5. The number of amides is 1. The smallest absolute Gasteiger partial charge is 0.292 e. The molecule has 0 unspecified atom stereocenters. The van der Waals surface area contributed by atoms with Crippen molar-refractivity contribution in [1.82, 2.24) is 24.7 Å². The van der Waals surface area contributed by atoms with E-state index in [-0.39, 0.29) is 11.9 Å². The van der Waals surface area contributed by atoms with Crippen LogP contribution >= 0.6 is 0 Å². The van der Waals surface area contributed by atoms with Gasteiger partial charge >= 0.3 is 0 Å². The first-order valence-electron chi connectivity index (χ1n) is 8.34. The summed E-state index contributed by atoms with van der Waals surface area (Å²) >= 11 is 0. The van der Waals surface area contributed by atoms with Crippen molar-refractivity contribution in [2.24, 2.45) is 13.0 Å². The summed E-state index contributed by atoms with van der Waals surface area (Å²) in [6.45, 7) is 3.55. The lowest BCUT2D eigenvalue weighted by Crippen LogP contribution is -2.43. The van der Waals surface area contributed by atoms with Crippen molar-refractivity contribution in [3.8, 4) is 0 Å². The van der Waals surface area contributed by atoms with Crippen LogP contribution in [0.1, 0.15) is 40.8 Å². The molecule has 24 heavy (non-hydrogen) atoms. The predicted molar refractivity (Wildman–Crippen MR) is 89.5 cm³/mol. The highest BCUT2D eigenvalue weighted by molar-refractivity contribution is 5.91. The van der Waals surface area contributed by atoms with Gasteiger partial charge in [0.1, 0.15) is 0 Å². The third kappa shape index (κ3) is 3.21. The molecule has 0 aromatic carbocycles. The molecule has 0 saturated carbocycles. The fraction of sp³-hybridized carbons (Fsp3) is 0.588. The van der Waals surface area contributed by atoms with Crippen LogP contribution in [0, 0.1) is 12.8 Å². The van der Waals surface area contributed by atoms with E-state index in [9.17, 15) is 4.79 Å². The van der Waals surface area contributed by atoms with Crippen LogP contribution in [0.4, 0.5) is 0 Å². The van der Waals surface area contributed by atoms with Crippen molar-refractivity contribution < 1.29 is 9.32 Å². The van der Waals surface area contributed by atoms with Crippen LogP contribution in [-0.2, 0) is 7.05 Å². The monoisotopic (exact) mass is 331 g/mol. The van der Waals surface area contributed by atoms with Crippen molar-refractivity contribution >= 4 is 5.91 Å². The molecule has 3 heterocycles. The first-order valence-corrected chi connectivity index (χ1v) is 8.34. The number of hydrogen-bond donors (Lipinski definition) is 0. The lowest BCUT2D eigenvalue weighted by atomic mass is 9.87. The fourth-order valence-corrected chi connectivity index (χ4v) is 3.68. The normalized spacial score (nSPS) is 21.8. The van der Waals surface area contributed by atoms with Crippen molar-refractivity contribution in [2.45, 2.75) is 25.8 Å². The molecule has 0 spiro atoms. The van der Waals surface area contributed by atoms with E-state index in [4.69, 9.17) is 4.52 Å². The SMILES string of the molecule is Cc1cc(C(=O)N(C)C[C@@H]2CCCN(C)[C@H]2c2ccnn2C)on1. The Kier molecular flexibility index (Phi) is 4.71. The molecule has 0 bridgehead atoms. The van der Waals surface area contributed by atoms with Crippen LogP contribution < -0.4 is 0 Å². The Morgan fingerprint density at radius 3 is 2.88 bits per heavy atom. The van der Waals surface area contributed by atoms with E-state index in [0.29, 0.717) is 18.2 Å². The average molecular weight is 331 g/mol. The van der Waals surface area contributed by atoms with Crippen LogP contribution in [0.5, 0.6) is 0 Å². The number of carbonyl (C=O) groups excluding carboxylic acids is 1. The summed E-state index contributed by atoms with van der Waals surface area (Å²) in [6, 6.07) is 4.02. The van der Waals surface area contributed by atoms with Crippen molar-refractivity contribution in [1.29, 1.82) is 0 Å². The van der Waals surface area contributed by atoms with E-state index in [2.05, 4.69) is 28.3 Å². The molecular weight excluding hydrogens is 306 g/mol. The standard InChI is InChI=1S/C17H25N5O2/c1-12-10-15(24-19-12)17(23)21(3)11-13-6-5-9-20(2)16(13)14-7-8-18-22(14)4/h7-8,10,13,16H,5-6,9,11H2,1-4H3/t13-,16+/m0/s1. The van der Waals surface area contributed by atoms with E-state index < -0.39 is 0 Å². The summed E-state index contributed by atoms with van der Waals surface area (Å²) in [6.07, 6.45) is 4.06. The van der Waals surface area contributed by atoms with E-state index in [1.54, 1.807) is 11.0 Å². The molecule has 2 aromatic heterocycles. The Morgan fingerprint density at radius 1 is 1.46 bits per heavy atom. The lowest BCUT2D eigenvalue weighted by molar-refractivity contribution is 0.0598. The first kappa shape index (κ1) is 16.7. The number of aromatic nitrogens is 3. The van der Waals surface area contributed by atoms with E-state index in [1.165, 1.54) is 5.69 Å². The van der Waals surface area contributed by atoms with Gasteiger partial charge in [0, 0.05) is 32.9 Å². The fourth-order valence-electron chi connectivity index (χ4n) is 3.68. The summed E-state index contributed by atoms with van der Waals surface area (Å²) in [5.41, 5.74) is 1.91. The van der Waals surface area contributed by atoms with Gasteiger partial charge in [-0.3, -0.25) is 14.4 Å². The highest BCUT2D eigenvalue weighted by atomic mass is 16.5. The Morgan fingerprint density at radius 2 is 2.25 bits per heavy atom. The molecule has 7 heteroatoms. The second kappa shape index (κ2) is 6.76. The molecule has 1 saturated heterocycles. The molecule has 0 aliphatic carbocycles. The van der Waals surface area contributed by atoms with E-state index in [1.807, 2.05) is 31.9 Å². The van der Waals surface area contributed by atoms with Crippen molar-refractivity contribution in [2.75, 3.05) is 27.2 Å². The quantitative estimate of drug-likeness (QED) is 0.855. The minimum absolute atomic E-state index is 0.118. The van der Waals surface area contributed by atoms with Gasteiger partial charge in [-0.15, -0.1) is 0 Å². The molecule has 7 nitrogen and oxygen atoms in total. The molecule has 1 fully saturated rings. The topological polar surface area (TPSA) is 67.4 Å². The van der Waals surface area contributed by atoms with Gasteiger partial charge in [0.2, 0.25) is 5.76 Å². The number of likely N-dealkylation sites (tertiary alicyclic amines) is 1. The summed E-state index contributed by atoms with van der Waals surface area (Å²) in [5, 5.41) is 8.12. The molecule has 0 radical (unpaired) electrons. The third-order valence-corrected chi connectivity index (χ3v) is 4.86. The molecule has 2 atom stereocenters. The molecule has 1 aliphatic rings. The zero-order valence-electron chi connectivity index (χ0n) is 14.8. The Hall–Kier alpha value is -2.15. The maximum atomic E-state index is 12.5. The minimum Gasteiger partial charge on any atom is -0.351 e. The Labute approximate surface area is 142 Å². The van der Waals surface area contributed by atoms with Crippen LogP contribution in [0.15, 0.2) is 22.9 Å². The van der Waals surface area contributed by atoms with Crippen LogP contribution in [0.2, 0.25) is 0 Å². The zero-order chi connectivity index (χ0) is 17.3. The van der Waals surface area contributed by atoms with Gasteiger partial charge in [0.25, 0.3) is 5.91 Å². The van der Waals surface area contributed by atoms with Gasteiger partial charge in [-0.05, 0) is 45.3 Å². The van der Waals surface area contributed by atoms with E-state index in [0.717, 1.165) is 25.1 Å². The second-order valence-corrected chi connectivity index (χ2v) is 6.73. The number of aryl methyl sites for hydroxylation is 2. The summed E-state index contributed by atoms with van der Waals surface area (Å²) in [7, 11) is 5.95. The van der Waals surface area contributed by atoms with Gasteiger partial charge < -0.3 is 9.42 Å². The second-order valence-electron chi connectivity index (χ2n) is 6.73. The largest absolute Gasteiger partial charge is 0.351 e. The summed E-state index contributed by atoms with van der Waals surface area (Å²) in [5.74, 6) is 0.543. The highest BCUT2D eigenvalue weighted by Crippen LogP contribution is 2.35. The zero-order valence-corrected chi connectivity index (χ0v) is 14.8. The van der Waals surface area contributed by atoms with Gasteiger partial charge in [-0.2, -0.15) is 5.10 Å². The molecule has 2 aromatic rings. The lowest BCUT2D eigenvalue weighted by Gasteiger charge is -2.40. The van der Waals surface area contributed by atoms with Crippen molar-refractivity contribution in [3.05, 3.63) is 35.5 Å². The van der Waals surface area contributed by atoms with E-state index >= 15 is 0 Å². The van der Waals surface area contributed by atoms with Crippen molar-refractivity contribution in [3.63, 3.8) is 0 Å². The molecule has 130 valence electrons. The summed E-state index contributed by atoms with van der Waals surface area (Å²) in [4.78, 5) is 16.6. The molecule has 0 N–H and O–H groups in total. The van der Waals surface area contributed by atoms with Gasteiger partial charge in [-0.1, -0.05) is 5.16 Å². The summed E-state index contributed by atoms with van der Waals surface area (Å²) < 4.78 is 7.04. The maximum Gasteiger partial charge on any atom is 0.292 e. The minimum atomic E-state index is -0.118. The third-order valence-electron chi connectivity index (χ3n) is 4.86. The maximum absolute atomic E-state index is 12.5. The average Bonchev–Trinajstić information content (AvgIpc) is 3.15. The number of carbonyl (C=O) groups is 1.